The molecule has 0 amide bonds. The van der Waals surface area contributed by atoms with Gasteiger partial charge in [-0.2, -0.15) is 12.6 Å². The normalized spacial score (nSPS) is 16.0. The SMILES string of the molecule is CC[Si](CC)(CC)OC(C)(CC(C)=O)C(Cl)(Cl)CCS. The average molecular weight is 359 g/mol. The molecule has 0 saturated carbocycles. The fourth-order valence-electron chi connectivity index (χ4n) is 2.56. The van der Waals surface area contributed by atoms with E-state index in [0.29, 0.717) is 12.2 Å². The molecule has 0 aliphatic rings. The second-order valence-electron chi connectivity index (χ2n) is 5.63. The van der Waals surface area contributed by atoms with Crippen molar-refractivity contribution in [1.29, 1.82) is 0 Å². The zero-order chi connectivity index (χ0) is 16.0. The van der Waals surface area contributed by atoms with Crippen molar-refractivity contribution in [1.82, 2.24) is 0 Å². The van der Waals surface area contributed by atoms with Crippen molar-refractivity contribution in [2.45, 2.75) is 75.5 Å². The van der Waals surface area contributed by atoms with E-state index in [1.807, 2.05) is 6.92 Å². The lowest BCUT2D eigenvalue weighted by Gasteiger charge is -2.46. The van der Waals surface area contributed by atoms with Crippen LogP contribution < -0.4 is 0 Å². The third-order valence-corrected chi connectivity index (χ3v) is 10.3. The van der Waals surface area contributed by atoms with E-state index in [4.69, 9.17) is 27.6 Å². The smallest absolute Gasteiger partial charge is 0.192 e. The van der Waals surface area contributed by atoms with Crippen molar-refractivity contribution < 1.29 is 9.22 Å². The van der Waals surface area contributed by atoms with E-state index < -0.39 is 18.3 Å². The Kier molecular flexibility index (Phi) is 8.75. The molecule has 0 aromatic rings. The molecule has 0 spiro atoms. The van der Waals surface area contributed by atoms with Gasteiger partial charge in [0, 0.05) is 6.42 Å². The van der Waals surface area contributed by atoms with Gasteiger partial charge in [-0.15, -0.1) is 0 Å². The summed E-state index contributed by atoms with van der Waals surface area (Å²) in [5.74, 6) is 0.603. The Morgan fingerprint density at radius 2 is 1.65 bits per heavy atom. The van der Waals surface area contributed by atoms with Gasteiger partial charge in [-0.25, -0.2) is 0 Å². The highest BCUT2D eigenvalue weighted by Crippen LogP contribution is 2.45. The van der Waals surface area contributed by atoms with E-state index in [-0.39, 0.29) is 12.2 Å². The summed E-state index contributed by atoms with van der Waals surface area (Å²) in [5.41, 5.74) is -0.848. The first-order valence-corrected chi connectivity index (χ1v) is 11.2. The topological polar surface area (TPSA) is 26.3 Å². The third kappa shape index (κ3) is 5.20. The van der Waals surface area contributed by atoms with Crippen LogP contribution in [0.25, 0.3) is 0 Å². The van der Waals surface area contributed by atoms with Gasteiger partial charge in [0.1, 0.15) is 10.1 Å². The molecule has 0 aliphatic carbocycles. The highest BCUT2D eigenvalue weighted by atomic mass is 35.5. The average Bonchev–Trinajstić information content (AvgIpc) is 2.35. The maximum Gasteiger partial charge on any atom is 0.192 e. The highest BCUT2D eigenvalue weighted by molar-refractivity contribution is 7.80. The van der Waals surface area contributed by atoms with Gasteiger partial charge in [-0.3, -0.25) is 4.79 Å². The zero-order valence-corrected chi connectivity index (χ0v) is 16.7. The summed E-state index contributed by atoms with van der Waals surface area (Å²) in [6.07, 6.45) is 0.729. The van der Waals surface area contributed by atoms with Crippen molar-refractivity contribution in [3.05, 3.63) is 0 Å². The molecule has 0 aromatic carbocycles. The Hall–Kier alpha value is 0.777. The predicted molar refractivity (Wildman–Crippen MR) is 94.9 cm³/mol. The molecule has 1 atom stereocenters. The summed E-state index contributed by atoms with van der Waals surface area (Å²) >= 11 is 17.3. The summed E-state index contributed by atoms with van der Waals surface area (Å²) in [7, 11) is -1.90. The Labute approximate surface area is 140 Å². The lowest BCUT2D eigenvalue weighted by Crippen LogP contribution is -2.55. The number of carbonyl (C=O) groups excluding carboxylic acids is 1. The quantitative estimate of drug-likeness (QED) is 0.328. The molecule has 120 valence electrons. The monoisotopic (exact) mass is 358 g/mol. The largest absolute Gasteiger partial charge is 0.408 e. The van der Waals surface area contributed by atoms with E-state index >= 15 is 0 Å². The minimum atomic E-state index is -1.90. The highest BCUT2D eigenvalue weighted by Gasteiger charge is 2.50. The number of thiol groups is 1. The van der Waals surface area contributed by atoms with Gasteiger partial charge >= 0.3 is 0 Å². The molecule has 0 aliphatic heterocycles. The van der Waals surface area contributed by atoms with Gasteiger partial charge < -0.3 is 4.43 Å². The number of ketones is 1. The van der Waals surface area contributed by atoms with Crippen LogP contribution in [-0.4, -0.2) is 29.8 Å². The van der Waals surface area contributed by atoms with E-state index in [2.05, 4.69) is 33.4 Å². The number of halogens is 2. The second-order valence-corrected chi connectivity index (χ2v) is 12.3. The number of Topliss-reactive ketones (excluding diaryl/α,β-unsaturated/α-hetero) is 1. The van der Waals surface area contributed by atoms with Crippen LogP contribution >= 0.6 is 35.8 Å². The fourth-order valence-corrected chi connectivity index (χ4v) is 6.83. The Balaban J connectivity index is 5.49. The Morgan fingerprint density at radius 3 is 1.95 bits per heavy atom. The molecule has 0 rings (SSSR count). The van der Waals surface area contributed by atoms with Gasteiger partial charge in [-0.05, 0) is 44.2 Å². The Morgan fingerprint density at radius 1 is 1.20 bits per heavy atom. The van der Waals surface area contributed by atoms with Crippen molar-refractivity contribution in [2.75, 3.05) is 5.75 Å². The van der Waals surface area contributed by atoms with Crippen LogP contribution in [0, 0.1) is 0 Å². The first-order valence-electron chi connectivity index (χ1n) is 7.30. The van der Waals surface area contributed by atoms with E-state index in [9.17, 15) is 4.79 Å². The number of hydrogen-bond donors (Lipinski definition) is 1. The van der Waals surface area contributed by atoms with Gasteiger partial charge in [0.25, 0.3) is 0 Å². The fraction of sp³-hybridized carbons (Fsp3) is 0.929. The van der Waals surface area contributed by atoms with Crippen LogP contribution in [0.1, 0.15) is 47.5 Å². The van der Waals surface area contributed by atoms with E-state index in [0.717, 1.165) is 18.1 Å². The molecule has 0 heterocycles. The van der Waals surface area contributed by atoms with Crippen molar-refractivity contribution in [3.63, 3.8) is 0 Å². The minimum Gasteiger partial charge on any atom is -0.408 e. The standard InChI is InChI=1S/C14H28Cl2O2SSi/c1-6-20(7-2,8-3)18-13(5,11-12(4)17)14(15,16)9-10-19/h19H,6-11H2,1-5H3. The van der Waals surface area contributed by atoms with Gasteiger partial charge in [0.05, 0.1) is 5.60 Å². The molecule has 0 N–H and O–H groups in total. The lowest BCUT2D eigenvalue weighted by molar-refractivity contribution is -0.121. The summed E-state index contributed by atoms with van der Waals surface area (Å²) in [6.45, 7) is 9.88. The molecule has 0 fully saturated rings. The van der Waals surface area contributed by atoms with Crippen LogP contribution in [0.2, 0.25) is 18.1 Å². The van der Waals surface area contributed by atoms with Crippen LogP contribution in [0.15, 0.2) is 0 Å². The van der Waals surface area contributed by atoms with Crippen molar-refractivity contribution >= 4 is 49.9 Å². The third-order valence-electron chi connectivity index (χ3n) is 4.16. The van der Waals surface area contributed by atoms with Gasteiger partial charge in [0.15, 0.2) is 8.32 Å². The van der Waals surface area contributed by atoms with Gasteiger partial charge in [-0.1, -0.05) is 44.0 Å². The number of rotatable bonds is 10. The molecule has 6 heteroatoms. The van der Waals surface area contributed by atoms with Crippen molar-refractivity contribution in [3.8, 4) is 0 Å². The molecule has 2 nitrogen and oxygen atoms in total. The molecule has 0 aromatic heterocycles. The summed E-state index contributed by atoms with van der Waals surface area (Å²) < 4.78 is 5.42. The summed E-state index contributed by atoms with van der Waals surface area (Å²) in [5, 5.41) is 0. The molecule has 0 radical (unpaired) electrons. The minimum absolute atomic E-state index is 0.0450. The number of carbonyl (C=O) groups is 1. The maximum atomic E-state index is 11.7. The van der Waals surface area contributed by atoms with Crippen molar-refractivity contribution in [2.24, 2.45) is 0 Å². The lowest BCUT2D eigenvalue weighted by atomic mass is 9.93. The summed E-state index contributed by atoms with van der Waals surface area (Å²) in [6, 6.07) is 2.99. The first kappa shape index (κ1) is 20.8. The predicted octanol–water partition coefficient (Wildman–Crippen LogP) is 5.24. The summed E-state index contributed by atoms with van der Waals surface area (Å²) in [4.78, 5) is 11.7. The molecule has 0 bridgehead atoms. The Bertz CT molecular complexity index is 314. The zero-order valence-electron chi connectivity index (χ0n) is 13.3. The van der Waals surface area contributed by atoms with Crippen LogP contribution in [0.5, 0.6) is 0 Å². The molecule has 20 heavy (non-hydrogen) atoms. The molecule has 1 unspecified atom stereocenters. The first-order chi connectivity index (χ1) is 9.12. The van der Waals surface area contributed by atoms with Crippen LogP contribution in [-0.2, 0) is 9.22 Å². The number of alkyl halides is 2. The number of hydrogen-bond acceptors (Lipinski definition) is 3. The molecular formula is C14H28Cl2O2SSi. The van der Waals surface area contributed by atoms with Crippen LogP contribution in [0.4, 0.5) is 0 Å². The van der Waals surface area contributed by atoms with E-state index in [1.54, 1.807) is 6.92 Å². The van der Waals surface area contributed by atoms with Crippen LogP contribution in [0.3, 0.4) is 0 Å². The molecular weight excluding hydrogens is 331 g/mol. The van der Waals surface area contributed by atoms with Gasteiger partial charge in [0.2, 0.25) is 0 Å². The van der Waals surface area contributed by atoms with E-state index in [1.165, 1.54) is 0 Å². The molecule has 0 saturated heterocycles. The second kappa shape index (κ2) is 8.42. The maximum absolute atomic E-state index is 11.7.